The Labute approximate surface area is 171 Å². The van der Waals surface area contributed by atoms with Crippen LogP contribution in [0.1, 0.15) is 36.8 Å². The van der Waals surface area contributed by atoms with Gasteiger partial charge in [-0.3, -0.25) is 24.4 Å². The summed E-state index contributed by atoms with van der Waals surface area (Å²) in [6, 6.07) is 8.26. The Balaban J connectivity index is 1.53. The molecule has 30 heavy (non-hydrogen) atoms. The average Bonchev–Trinajstić information content (AvgIpc) is 3.27. The number of nitrogens with one attached hydrogen (secondary N) is 1. The molecule has 0 spiro atoms. The molecule has 5 rings (SSSR count). The van der Waals surface area contributed by atoms with Gasteiger partial charge in [0.1, 0.15) is 11.4 Å². The lowest BCUT2D eigenvalue weighted by Gasteiger charge is -2.18. The van der Waals surface area contributed by atoms with Crippen LogP contribution in [0, 0.1) is 6.92 Å². The third-order valence-electron chi connectivity index (χ3n) is 5.77. The Morgan fingerprint density at radius 3 is 2.43 bits per heavy atom. The molecule has 0 bridgehead atoms. The topological polar surface area (TPSA) is 108 Å². The van der Waals surface area contributed by atoms with Gasteiger partial charge in [-0.15, -0.1) is 5.10 Å². The highest BCUT2D eigenvalue weighted by Crippen LogP contribution is 2.36. The van der Waals surface area contributed by atoms with Crippen molar-refractivity contribution in [2.45, 2.75) is 39.2 Å². The summed E-state index contributed by atoms with van der Waals surface area (Å²) in [5, 5.41) is 18.2. The normalized spacial score (nSPS) is 16.6. The number of phenolic OH excluding ortho intramolecular Hbond substituents is 1. The molecular weight excluding hydrogens is 384 g/mol. The molecule has 2 N–H and O–H groups in total. The van der Waals surface area contributed by atoms with Gasteiger partial charge in [0, 0.05) is 16.7 Å². The number of hydrogen-bond donors (Lipinski definition) is 2. The van der Waals surface area contributed by atoms with Crippen LogP contribution in [-0.4, -0.2) is 36.8 Å². The zero-order chi connectivity index (χ0) is 21.0. The fraction of sp³-hybridized carbons (Fsp3) is 0.273. The second-order valence-corrected chi connectivity index (χ2v) is 7.83. The van der Waals surface area contributed by atoms with E-state index < -0.39 is 0 Å². The second kappa shape index (κ2) is 6.69. The van der Waals surface area contributed by atoms with E-state index in [-0.39, 0.29) is 35.2 Å². The molecule has 152 valence electrons. The lowest BCUT2D eigenvalue weighted by atomic mass is 9.93. The van der Waals surface area contributed by atoms with Crippen molar-refractivity contribution in [2.75, 3.05) is 0 Å². The third kappa shape index (κ3) is 2.75. The van der Waals surface area contributed by atoms with E-state index in [9.17, 15) is 19.5 Å². The van der Waals surface area contributed by atoms with Crippen molar-refractivity contribution in [2.24, 2.45) is 0 Å². The first kappa shape index (κ1) is 18.4. The van der Waals surface area contributed by atoms with Crippen LogP contribution in [-0.2, 0) is 16.1 Å². The Kier molecular flexibility index (Phi) is 4.09. The maximum atomic E-state index is 12.8. The van der Waals surface area contributed by atoms with E-state index in [4.69, 9.17) is 0 Å². The number of aromatic amines is 1. The quantitative estimate of drug-likeness (QED) is 0.652. The Morgan fingerprint density at radius 2 is 1.77 bits per heavy atom. The number of H-pyrrole nitrogens is 1. The van der Waals surface area contributed by atoms with Crippen LogP contribution in [0.4, 0.5) is 0 Å². The van der Waals surface area contributed by atoms with Crippen LogP contribution in [0.5, 0.6) is 5.75 Å². The van der Waals surface area contributed by atoms with Crippen molar-refractivity contribution in [1.29, 1.82) is 0 Å². The number of amides is 2. The molecule has 1 aromatic carbocycles. The molecule has 4 aliphatic rings. The Morgan fingerprint density at radius 1 is 1.07 bits per heavy atom. The minimum atomic E-state index is -0.260. The largest absolute Gasteiger partial charge is 0.505 e. The smallest absolute Gasteiger partial charge is 0.257 e. The highest BCUT2D eigenvalue weighted by Gasteiger charge is 2.39. The van der Waals surface area contributed by atoms with Gasteiger partial charge in [0.25, 0.3) is 11.8 Å². The molecule has 2 aliphatic heterocycles. The van der Waals surface area contributed by atoms with Crippen LogP contribution in [0.2, 0.25) is 0 Å². The maximum Gasteiger partial charge on any atom is 0.257 e. The number of benzene rings is 2. The predicted molar refractivity (Wildman–Crippen MR) is 108 cm³/mol. The summed E-state index contributed by atoms with van der Waals surface area (Å²) in [4.78, 5) is 40.1. The number of phenols is 1. The van der Waals surface area contributed by atoms with Crippen LogP contribution in [0.15, 0.2) is 46.3 Å². The zero-order valence-electron chi connectivity index (χ0n) is 16.4. The Hall–Kier alpha value is -3.68. The highest BCUT2D eigenvalue weighted by molar-refractivity contribution is 6.19. The molecule has 2 aliphatic carbocycles. The number of aryl methyl sites for hydroxylation is 1. The predicted octanol–water partition coefficient (Wildman–Crippen LogP) is 2.42. The lowest BCUT2D eigenvalue weighted by Crippen LogP contribution is -2.31. The molecule has 0 unspecified atom stereocenters. The fourth-order valence-electron chi connectivity index (χ4n) is 4.29. The number of fused-ring (bicyclic) bond motifs is 1. The minimum Gasteiger partial charge on any atom is -0.505 e. The first-order valence-electron chi connectivity index (χ1n) is 9.93. The monoisotopic (exact) mass is 404 g/mol. The van der Waals surface area contributed by atoms with E-state index in [1.807, 2.05) is 6.92 Å². The van der Waals surface area contributed by atoms with Gasteiger partial charge in [0.15, 0.2) is 5.69 Å². The summed E-state index contributed by atoms with van der Waals surface area (Å²) in [6.45, 7) is 1.84. The van der Waals surface area contributed by atoms with Gasteiger partial charge in [-0.05, 0) is 56.4 Å². The van der Waals surface area contributed by atoms with E-state index in [0.29, 0.717) is 40.9 Å². The van der Waals surface area contributed by atoms with E-state index >= 15 is 0 Å². The summed E-state index contributed by atoms with van der Waals surface area (Å²) < 4.78 is 0. The van der Waals surface area contributed by atoms with Crippen LogP contribution in [0.25, 0.3) is 17.1 Å². The van der Waals surface area contributed by atoms with E-state index in [0.717, 1.165) is 18.4 Å². The number of carbonyl (C=O) groups is 2. The van der Waals surface area contributed by atoms with Gasteiger partial charge in [-0.2, -0.15) is 4.80 Å². The standard InChI is InChI=1S/C22H20N4O4/c1-12-9-13(11-25-21(29)14-5-2-3-6-15(14)22(25)30)20(28)17(10-12)26-23-16-7-4-8-18(27)19(16)24-26/h4,7-10,23,28H,2-3,5-6,11H2,1H3. The lowest BCUT2D eigenvalue weighted by molar-refractivity contribution is -0.138. The first-order valence-corrected chi connectivity index (χ1v) is 9.93. The summed E-state index contributed by atoms with van der Waals surface area (Å²) >= 11 is 0. The molecular formula is C22H20N4O4. The van der Waals surface area contributed by atoms with Gasteiger partial charge in [0.05, 0.1) is 12.2 Å². The van der Waals surface area contributed by atoms with E-state index in [1.165, 1.54) is 15.8 Å². The molecule has 2 amide bonds. The van der Waals surface area contributed by atoms with Crippen LogP contribution in [0.3, 0.4) is 0 Å². The van der Waals surface area contributed by atoms with Gasteiger partial charge in [-0.25, -0.2) is 0 Å². The summed E-state index contributed by atoms with van der Waals surface area (Å²) in [5.41, 5.74) is 3.44. The minimum absolute atomic E-state index is 0.0151. The molecule has 0 fully saturated rings. The van der Waals surface area contributed by atoms with Crippen molar-refractivity contribution in [3.8, 4) is 22.8 Å². The number of carbonyl (C=O) groups excluding carboxylic acids is 2. The number of rotatable bonds is 3. The molecule has 0 atom stereocenters. The first-order chi connectivity index (χ1) is 14.4. The molecule has 0 radical (unpaired) electrons. The number of aromatic hydroxyl groups is 1. The zero-order valence-corrected chi connectivity index (χ0v) is 16.4. The molecule has 1 aromatic rings. The number of hydrogen-bond acceptors (Lipinski definition) is 5. The molecule has 0 saturated heterocycles. The molecule has 8 heteroatoms. The molecule has 2 heterocycles. The second-order valence-electron chi connectivity index (χ2n) is 7.83. The number of aromatic nitrogens is 3. The van der Waals surface area contributed by atoms with Gasteiger partial charge >= 0.3 is 0 Å². The highest BCUT2D eigenvalue weighted by atomic mass is 16.3. The van der Waals surface area contributed by atoms with Crippen molar-refractivity contribution in [1.82, 2.24) is 19.9 Å². The summed E-state index contributed by atoms with van der Waals surface area (Å²) in [7, 11) is 0. The fourth-order valence-corrected chi connectivity index (χ4v) is 4.29. The van der Waals surface area contributed by atoms with Crippen LogP contribution >= 0.6 is 0 Å². The van der Waals surface area contributed by atoms with Gasteiger partial charge < -0.3 is 5.11 Å². The summed E-state index contributed by atoms with van der Waals surface area (Å²) in [6.07, 6.45) is 3.09. The van der Waals surface area contributed by atoms with Crippen molar-refractivity contribution >= 4 is 11.8 Å². The number of imide groups is 1. The number of nitrogens with zero attached hydrogens (tertiary/aromatic N) is 3. The molecule has 8 nitrogen and oxygen atoms in total. The van der Waals surface area contributed by atoms with Crippen molar-refractivity contribution in [3.05, 3.63) is 62.8 Å². The van der Waals surface area contributed by atoms with Gasteiger partial charge in [0.2, 0.25) is 5.43 Å². The third-order valence-corrected chi connectivity index (χ3v) is 5.77. The van der Waals surface area contributed by atoms with Crippen molar-refractivity contribution in [3.63, 3.8) is 0 Å². The Bertz CT molecular complexity index is 1240. The van der Waals surface area contributed by atoms with E-state index in [2.05, 4.69) is 10.2 Å². The average molecular weight is 404 g/mol. The van der Waals surface area contributed by atoms with Crippen LogP contribution < -0.4 is 5.43 Å². The molecule has 0 saturated carbocycles. The molecule has 0 aromatic heterocycles. The maximum absolute atomic E-state index is 12.8. The summed E-state index contributed by atoms with van der Waals surface area (Å²) in [5.74, 6) is -0.614. The van der Waals surface area contributed by atoms with E-state index in [1.54, 1.807) is 24.3 Å². The van der Waals surface area contributed by atoms with Gasteiger partial charge in [-0.1, -0.05) is 12.1 Å². The van der Waals surface area contributed by atoms with Crippen molar-refractivity contribution < 1.29 is 14.7 Å². The SMILES string of the molecule is Cc1cc(CN2C(=O)C3=C(CCCC3)C2=O)c(O)c(-n2nc3c(=O)cccc-3[nH]2)c1.